The van der Waals surface area contributed by atoms with Crippen LogP contribution in [0.3, 0.4) is 0 Å². The summed E-state index contributed by atoms with van der Waals surface area (Å²) in [5.41, 5.74) is 2.61. The minimum atomic E-state index is -0.423. The number of halogens is 2. The summed E-state index contributed by atoms with van der Waals surface area (Å²) in [7, 11) is 1.56. The smallest absolute Gasteiger partial charge is 0.246 e. The Morgan fingerprint density at radius 2 is 2.00 bits per heavy atom. The second-order valence-electron chi connectivity index (χ2n) is 5.19. The molecule has 1 amide bonds. The predicted octanol–water partition coefficient (Wildman–Crippen LogP) is 4.86. The first-order valence-corrected chi connectivity index (χ1v) is 8.25. The van der Waals surface area contributed by atoms with Gasteiger partial charge in [0, 0.05) is 10.2 Å². The van der Waals surface area contributed by atoms with Crippen molar-refractivity contribution in [1.29, 1.82) is 0 Å². The standard InChI is InChI=1S/C17H18BrClN2O2/c1-10-4-6-15(13(18)8-10)21-17(22)11(2)20-12-5-7-16(23-3)14(19)9-12/h4-9,11,20H,1-3H3,(H,21,22). The van der Waals surface area contributed by atoms with Gasteiger partial charge in [-0.25, -0.2) is 0 Å². The molecule has 0 aliphatic heterocycles. The van der Waals surface area contributed by atoms with Crippen molar-refractivity contribution in [2.75, 3.05) is 17.7 Å². The van der Waals surface area contributed by atoms with Crippen molar-refractivity contribution < 1.29 is 9.53 Å². The number of carbonyl (C=O) groups is 1. The number of nitrogens with one attached hydrogen (secondary N) is 2. The van der Waals surface area contributed by atoms with E-state index >= 15 is 0 Å². The van der Waals surface area contributed by atoms with Gasteiger partial charge in [0.2, 0.25) is 5.91 Å². The molecule has 0 heterocycles. The Hall–Kier alpha value is -1.72. The third kappa shape index (κ3) is 4.62. The number of hydrogen-bond acceptors (Lipinski definition) is 3. The lowest BCUT2D eigenvalue weighted by atomic mass is 10.2. The van der Waals surface area contributed by atoms with Crippen LogP contribution < -0.4 is 15.4 Å². The first-order chi connectivity index (χ1) is 10.9. The maximum atomic E-state index is 12.3. The van der Waals surface area contributed by atoms with Crippen LogP contribution in [0.1, 0.15) is 12.5 Å². The Labute approximate surface area is 149 Å². The summed E-state index contributed by atoms with van der Waals surface area (Å²) >= 11 is 9.54. The van der Waals surface area contributed by atoms with E-state index in [0.717, 1.165) is 21.4 Å². The number of hydrogen-bond donors (Lipinski definition) is 2. The van der Waals surface area contributed by atoms with Crippen LogP contribution in [0.25, 0.3) is 0 Å². The average molecular weight is 398 g/mol. The van der Waals surface area contributed by atoms with Crippen molar-refractivity contribution in [2.45, 2.75) is 19.9 Å². The summed E-state index contributed by atoms with van der Waals surface area (Å²) in [4.78, 5) is 12.3. The van der Waals surface area contributed by atoms with Gasteiger partial charge >= 0.3 is 0 Å². The van der Waals surface area contributed by atoms with E-state index in [0.29, 0.717) is 10.8 Å². The molecule has 0 aliphatic carbocycles. The number of aryl methyl sites for hydroxylation is 1. The number of carbonyl (C=O) groups excluding carboxylic acids is 1. The fraction of sp³-hybridized carbons (Fsp3) is 0.235. The van der Waals surface area contributed by atoms with Gasteiger partial charge in [-0.1, -0.05) is 17.7 Å². The zero-order chi connectivity index (χ0) is 17.0. The van der Waals surface area contributed by atoms with Crippen LogP contribution in [0.4, 0.5) is 11.4 Å². The number of benzene rings is 2. The maximum absolute atomic E-state index is 12.3. The molecule has 0 bridgehead atoms. The van der Waals surface area contributed by atoms with E-state index in [9.17, 15) is 4.79 Å². The highest BCUT2D eigenvalue weighted by Crippen LogP contribution is 2.28. The Morgan fingerprint density at radius 1 is 1.26 bits per heavy atom. The normalized spacial score (nSPS) is 11.7. The maximum Gasteiger partial charge on any atom is 0.246 e. The van der Waals surface area contributed by atoms with Crippen molar-refractivity contribution in [3.63, 3.8) is 0 Å². The highest BCUT2D eigenvalue weighted by molar-refractivity contribution is 9.10. The fourth-order valence-electron chi connectivity index (χ4n) is 2.03. The number of methoxy groups -OCH3 is 1. The molecule has 0 radical (unpaired) electrons. The van der Waals surface area contributed by atoms with Gasteiger partial charge in [0.25, 0.3) is 0 Å². The minimum absolute atomic E-state index is 0.138. The Bertz CT molecular complexity index is 722. The van der Waals surface area contributed by atoms with Crippen LogP contribution in [0.15, 0.2) is 40.9 Å². The van der Waals surface area contributed by atoms with Crippen LogP contribution in [-0.4, -0.2) is 19.1 Å². The number of anilines is 2. The first kappa shape index (κ1) is 17.6. The lowest BCUT2D eigenvalue weighted by molar-refractivity contribution is -0.116. The summed E-state index contributed by atoms with van der Waals surface area (Å²) in [5.74, 6) is 0.458. The molecule has 0 saturated carbocycles. The molecule has 1 atom stereocenters. The lowest BCUT2D eigenvalue weighted by Crippen LogP contribution is -2.32. The highest BCUT2D eigenvalue weighted by atomic mass is 79.9. The first-order valence-electron chi connectivity index (χ1n) is 7.08. The average Bonchev–Trinajstić information content (AvgIpc) is 2.50. The largest absolute Gasteiger partial charge is 0.495 e. The molecule has 4 nitrogen and oxygen atoms in total. The minimum Gasteiger partial charge on any atom is -0.495 e. The van der Waals surface area contributed by atoms with E-state index in [2.05, 4.69) is 26.6 Å². The number of rotatable bonds is 5. The van der Waals surface area contributed by atoms with Crippen molar-refractivity contribution in [1.82, 2.24) is 0 Å². The van der Waals surface area contributed by atoms with E-state index in [1.54, 1.807) is 26.2 Å². The monoisotopic (exact) mass is 396 g/mol. The molecule has 122 valence electrons. The molecule has 1 unspecified atom stereocenters. The van der Waals surface area contributed by atoms with Crippen molar-refractivity contribution in [2.24, 2.45) is 0 Å². The van der Waals surface area contributed by atoms with Crippen LogP contribution >= 0.6 is 27.5 Å². The Morgan fingerprint density at radius 3 is 2.61 bits per heavy atom. The van der Waals surface area contributed by atoms with Gasteiger partial charge in [0.05, 0.1) is 17.8 Å². The quantitative estimate of drug-likeness (QED) is 0.757. The topological polar surface area (TPSA) is 50.4 Å². The molecule has 0 saturated heterocycles. The summed E-state index contributed by atoms with van der Waals surface area (Å²) in [6, 6.07) is 10.6. The van der Waals surface area contributed by atoms with E-state index in [1.807, 2.05) is 31.2 Å². The van der Waals surface area contributed by atoms with Gasteiger partial charge in [0.1, 0.15) is 11.8 Å². The molecule has 6 heteroatoms. The van der Waals surface area contributed by atoms with Gasteiger partial charge in [-0.15, -0.1) is 0 Å². The fourth-order valence-corrected chi connectivity index (χ4v) is 2.88. The van der Waals surface area contributed by atoms with E-state index < -0.39 is 6.04 Å². The molecule has 0 aliphatic rings. The van der Waals surface area contributed by atoms with Crippen molar-refractivity contribution in [3.8, 4) is 5.75 Å². The van der Waals surface area contributed by atoms with Crippen molar-refractivity contribution in [3.05, 3.63) is 51.5 Å². The van der Waals surface area contributed by atoms with Crippen LogP contribution in [-0.2, 0) is 4.79 Å². The Kier molecular flexibility index (Phi) is 5.91. The third-order valence-corrected chi connectivity index (χ3v) is 4.26. The zero-order valence-electron chi connectivity index (χ0n) is 13.1. The lowest BCUT2D eigenvalue weighted by Gasteiger charge is -2.17. The van der Waals surface area contributed by atoms with Crippen LogP contribution in [0.5, 0.6) is 5.75 Å². The molecule has 23 heavy (non-hydrogen) atoms. The molecular formula is C17H18BrClN2O2. The Balaban J connectivity index is 2.03. The predicted molar refractivity (Wildman–Crippen MR) is 98.6 cm³/mol. The second-order valence-corrected chi connectivity index (χ2v) is 6.45. The van der Waals surface area contributed by atoms with Crippen LogP contribution in [0, 0.1) is 6.92 Å². The second kappa shape index (κ2) is 7.70. The van der Waals surface area contributed by atoms with E-state index in [4.69, 9.17) is 16.3 Å². The van der Waals surface area contributed by atoms with Gasteiger partial charge < -0.3 is 15.4 Å². The summed E-state index contributed by atoms with van der Waals surface area (Å²) in [5, 5.41) is 6.50. The molecule has 2 rings (SSSR count). The van der Waals surface area contributed by atoms with Gasteiger partial charge in [-0.05, 0) is 65.7 Å². The SMILES string of the molecule is COc1ccc(NC(C)C(=O)Nc2ccc(C)cc2Br)cc1Cl. The summed E-state index contributed by atoms with van der Waals surface area (Å²) in [6.07, 6.45) is 0. The third-order valence-electron chi connectivity index (χ3n) is 3.31. The molecule has 0 aromatic heterocycles. The molecule has 0 fully saturated rings. The van der Waals surface area contributed by atoms with E-state index in [1.165, 1.54) is 0 Å². The molecule has 2 N–H and O–H groups in total. The number of ether oxygens (including phenoxy) is 1. The van der Waals surface area contributed by atoms with Gasteiger partial charge in [-0.2, -0.15) is 0 Å². The zero-order valence-corrected chi connectivity index (χ0v) is 15.5. The number of amides is 1. The van der Waals surface area contributed by atoms with Gasteiger partial charge in [0.15, 0.2) is 0 Å². The summed E-state index contributed by atoms with van der Waals surface area (Å²) in [6.45, 7) is 3.78. The van der Waals surface area contributed by atoms with E-state index in [-0.39, 0.29) is 5.91 Å². The molecular weight excluding hydrogens is 380 g/mol. The van der Waals surface area contributed by atoms with Gasteiger partial charge in [-0.3, -0.25) is 4.79 Å². The van der Waals surface area contributed by atoms with Crippen LogP contribution in [0.2, 0.25) is 5.02 Å². The molecule has 0 spiro atoms. The summed E-state index contributed by atoms with van der Waals surface area (Å²) < 4.78 is 5.96. The molecule has 2 aromatic rings. The molecule has 2 aromatic carbocycles. The highest BCUT2D eigenvalue weighted by Gasteiger charge is 2.14. The van der Waals surface area contributed by atoms with Crippen molar-refractivity contribution >= 4 is 44.8 Å².